The molecule has 0 aliphatic rings. The summed E-state index contributed by atoms with van der Waals surface area (Å²) in [6.07, 6.45) is 4.02. The van der Waals surface area contributed by atoms with Crippen molar-refractivity contribution in [2.24, 2.45) is 0 Å². The van der Waals surface area contributed by atoms with Crippen LogP contribution in [-0.4, -0.2) is 16.4 Å². The van der Waals surface area contributed by atoms with Gasteiger partial charge in [-0.3, -0.25) is 4.68 Å². The maximum absolute atomic E-state index is 5.45. The van der Waals surface area contributed by atoms with Crippen molar-refractivity contribution >= 4 is 0 Å². The molecule has 0 aromatic carbocycles. The minimum absolute atomic E-state index is 0.688. The average molecular weight is 182 g/mol. The van der Waals surface area contributed by atoms with Crippen LogP contribution in [0, 0.1) is 0 Å². The molecule has 0 fully saturated rings. The summed E-state index contributed by atoms with van der Waals surface area (Å²) >= 11 is 0. The third kappa shape index (κ3) is 3.19. The summed E-state index contributed by atoms with van der Waals surface area (Å²) in [5, 5.41) is 4.22. The second-order valence-corrected chi connectivity index (χ2v) is 3.10. The average Bonchev–Trinajstić information content (AvgIpc) is 2.54. The molecular weight excluding hydrogens is 164 g/mol. The first-order chi connectivity index (χ1) is 6.38. The Labute approximate surface area is 79.7 Å². The number of aryl methyl sites for hydroxylation is 1. The van der Waals surface area contributed by atoms with E-state index in [4.69, 9.17) is 4.74 Å². The molecule has 74 valence electrons. The molecule has 3 nitrogen and oxygen atoms in total. The fourth-order valence-corrected chi connectivity index (χ4v) is 1.22. The van der Waals surface area contributed by atoms with Gasteiger partial charge in [-0.05, 0) is 18.9 Å². The molecular formula is C10H18N2O. The van der Waals surface area contributed by atoms with Crippen LogP contribution in [0.4, 0.5) is 0 Å². The SMILES string of the molecule is CCCOCc1ccnn1CCC. The predicted molar refractivity (Wildman–Crippen MR) is 52.5 cm³/mol. The number of hydrogen-bond acceptors (Lipinski definition) is 2. The van der Waals surface area contributed by atoms with E-state index in [2.05, 4.69) is 18.9 Å². The van der Waals surface area contributed by atoms with Crippen LogP contribution in [0.5, 0.6) is 0 Å². The van der Waals surface area contributed by atoms with Crippen LogP contribution >= 0.6 is 0 Å². The van der Waals surface area contributed by atoms with E-state index in [0.29, 0.717) is 6.61 Å². The van der Waals surface area contributed by atoms with Crippen LogP contribution in [0.25, 0.3) is 0 Å². The summed E-state index contributed by atoms with van der Waals surface area (Å²) in [4.78, 5) is 0. The molecule has 13 heavy (non-hydrogen) atoms. The van der Waals surface area contributed by atoms with E-state index >= 15 is 0 Å². The van der Waals surface area contributed by atoms with E-state index in [1.807, 2.05) is 16.9 Å². The van der Waals surface area contributed by atoms with Crippen LogP contribution in [0.2, 0.25) is 0 Å². The first-order valence-electron chi connectivity index (χ1n) is 4.97. The van der Waals surface area contributed by atoms with Crippen molar-refractivity contribution in [2.75, 3.05) is 6.61 Å². The van der Waals surface area contributed by atoms with Crippen molar-refractivity contribution in [1.29, 1.82) is 0 Å². The Hall–Kier alpha value is -0.830. The molecule has 1 aromatic heterocycles. The topological polar surface area (TPSA) is 27.1 Å². The number of nitrogens with zero attached hydrogens (tertiary/aromatic N) is 2. The Morgan fingerprint density at radius 3 is 2.92 bits per heavy atom. The summed E-state index contributed by atoms with van der Waals surface area (Å²) < 4.78 is 7.46. The molecule has 0 radical (unpaired) electrons. The molecule has 0 saturated carbocycles. The third-order valence-corrected chi connectivity index (χ3v) is 1.84. The first kappa shape index (κ1) is 10.3. The molecule has 1 rings (SSSR count). The van der Waals surface area contributed by atoms with Gasteiger partial charge in [0.2, 0.25) is 0 Å². The van der Waals surface area contributed by atoms with Gasteiger partial charge in [-0.1, -0.05) is 13.8 Å². The fraction of sp³-hybridized carbons (Fsp3) is 0.700. The Morgan fingerprint density at radius 2 is 2.23 bits per heavy atom. The maximum atomic E-state index is 5.45. The van der Waals surface area contributed by atoms with Gasteiger partial charge in [0.1, 0.15) is 0 Å². The Morgan fingerprint density at radius 1 is 1.38 bits per heavy atom. The highest BCUT2D eigenvalue weighted by Gasteiger charge is 2.00. The fourth-order valence-electron chi connectivity index (χ4n) is 1.22. The summed E-state index contributed by atoms with van der Waals surface area (Å²) in [5.74, 6) is 0. The van der Waals surface area contributed by atoms with Crippen molar-refractivity contribution < 1.29 is 4.74 Å². The van der Waals surface area contributed by atoms with Crippen molar-refractivity contribution in [3.8, 4) is 0 Å². The molecule has 0 amide bonds. The normalized spacial score (nSPS) is 10.6. The zero-order valence-electron chi connectivity index (χ0n) is 8.49. The van der Waals surface area contributed by atoms with Gasteiger partial charge < -0.3 is 4.74 Å². The number of aromatic nitrogens is 2. The maximum Gasteiger partial charge on any atom is 0.0884 e. The lowest BCUT2D eigenvalue weighted by molar-refractivity contribution is 0.115. The van der Waals surface area contributed by atoms with Gasteiger partial charge in [-0.15, -0.1) is 0 Å². The summed E-state index contributed by atoms with van der Waals surface area (Å²) in [5.41, 5.74) is 1.18. The molecule has 0 atom stereocenters. The van der Waals surface area contributed by atoms with Crippen molar-refractivity contribution in [3.05, 3.63) is 18.0 Å². The molecule has 0 N–H and O–H groups in total. The van der Waals surface area contributed by atoms with Crippen LogP contribution in [0.1, 0.15) is 32.4 Å². The molecule has 1 aromatic rings. The molecule has 0 bridgehead atoms. The Balaban J connectivity index is 2.40. The van der Waals surface area contributed by atoms with Gasteiger partial charge in [-0.2, -0.15) is 5.10 Å². The van der Waals surface area contributed by atoms with Crippen molar-refractivity contribution in [1.82, 2.24) is 9.78 Å². The van der Waals surface area contributed by atoms with E-state index in [1.165, 1.54) is 5.69 Å². The first-order valence-corrected chi connectivity index (χ1v) is 4.97. The van der Waals surface area contributed by atoms with Crippen molar-refractivity contribution in [3.63, 3.8) is 0 Å². The quantitative estimate of drug-likeness (QED) is 0.631. The smallest absolute Gasteiger partial charge is 0.0884 e. The van der Waals surface area contributed by atoms with Gasteiger partial charge in [0.15, 0.2) is 0 Å². The largest absolute Gasteiger partial charge is 0.375 e. The molecule has 0 unspecified atom stereocenters. The van der Waals surface area contributed by atoms with Crippen LogP contribution < -0.4 is 0 Å². The lowest BCUT2D eigenvalue weighted by Gasteiger charge is -2.05. The highest BCUT2D eigenvalue weighted by Crippen LogP contribution is 2.02. The Kier molecular flexibility index (Phi) is 4.54. The van der Waals surface area contributed by atoms with Gasteiger partial charge >= 0.3 is 0 Å². The van der Waals surface area contributed by atoms with E-state index in [0.717, 1.165) is 26.0 Å². The third-order valence-electron chi connectivity index (χ3n) is 1.84. The molecule has 1 heterocycles. The summed E-state index contributed by atoms with van der Waals surface area (Å²) in [7, 11) is 0. The standard InChI is InChI=1S/C10H18N2O/c1-3-7-12-10(5-6-11-12)9-13-8-4-2/h5-6H,3-4,7-9H2,1-2H3. The Bertz CT molecular complexity index is 233. The highest BCUT2D eigenvalue weighted by molar-refractivity contribution is 4.98. The van der Waals surface area contributed by atoms with Crippen LogP contribution in [0.3, 0.4) is 0 Å². The van der Waals surface area contributed by atoms with Gasteiger partial charge in [-0.25, -0.2) is 0 Å². The van der Waals surface area contributed by atoms with Crippen LogP contribution in [0.15, 0.2) is 12.3 Å². The zero-order chi connectivity index (χ0) is 9.52. The number of ether oxygens (including phenoxy) is 1. The molecule has 0 aliphatic carbocycles. The van der Waals surface area contributed by atoms with E-state index < -0.39 is 0 Å². The highest BCUT2D eigenvalue weighted by atomic mass is 16.5. The van der Waals surface area contributed by atoms with Crippen molar-refractivity contribution in [2.45, 2.75) is 39.8 Å². The minimum Gasteiger partial charge on any atom is -0.375 e. The van der Waals surface area contributed by atoms with Gasteiger partial charge in [0.25, 0.3) is 0 Å². The minimum atomic E-state index is 0.688. The van der Waals surface area contributed by atoms with E-state index in [9.17, 15) is 0 Å². The lowest BCUT2D eigenvalue weighted by atomic mass is 10.4. The predicted octanol–water partition coefficient (Wildman–Crippen LogP) is 2.22. The monoisotopic (exact) mass is 182 g/mol. The van der Waals surface area contributed by atoms with E-state index in [-0.39, 0.29) is 0 Å². The van der Waals surface area contributed by atoms with E-state index in [1.54, 1.807) is 0 Å². The zero-order valence-corrected chi connectivity index (χ0v) is 8.49. The van der Waals surface area contributed by atoms with Gasteiger partial charge in [0.05, 0.1) is 12.3 Å². The lowest BCUT2D eigenvalue weighted by Crippen LogP contribution is -2.06. The summed E-state index contributed by atoms with van der Waals surface area (Å²) in [6.45, 7) is 6.77. The number of rotatable bonds is 6. The molecule has 0 aliphatic heterocycles. The number of hydrogen-bond donors (Lipinski definition) is 0. The van der Waals surface area contributed by atoms with Gasteiger partial charge in [0, 0.05) is 19.3 Å². The molecule has 0 spiro atoms. The second-order valence-electron chi connectivity index (χ2n) is 3.10. The van der Waals surface area contributed by atoms with Crippen LogP contribution in [-0.2, 0) is 17.9 Å². The molecule has 0 saturated heterocycles. The summed E-state index contributed by atoms with van der Waals surface area (Å²) in [6, 6.07) is 2.02. The second kappa shape index (κ2) is 5.75. The molecule has 3 heteroatoms.